The number of benzene rings is 1. The molecule has 0 aromatic heterocycles. The summed E-state index contributed by atoms with van der Waals surface area (Å²) in [7, 11) is -3.17. The molecule has 0 bridgehead atoms. The first-order valence-corrected chi connectivity index (χ1v) is 6.94. The van der Waals surface area contributed by atoms with Crippen molar-refractivity contribution in [1.29, 1.82) is 0 Å². The molecule has 1 aromatic carbocycles. The quantitative estimate of drug-likeness (QED) is 0.634. The summed E-state index contributed by atoms with van der Waals surface area (Å²) in [6, 6.07) is 2.69. The van der Waals surface area contributed by atoms with Gasteiger partial charge in [-0.05, 0) is 6.07 Å². The van der Waals surface area contributed by atoms with Crippen LogP contribution in [0.4, 0.5) is 18.9 Å². The van der Waals surface area contributed by atoms with Gasteiger partial charge >= 0.3 is 6.18 Å². The van der Waals surface area contributed by atoms with Crippen molar-refractivity contribution in [2.24, 2.45) is 0 Å². The fraction of sp³-hybridized carbons (Fsp3) is 0.400. The maximum atomic E-state index is 12.0. The molecule has 118 valence electrons. The van der Waals surface area contributed by atoms with Crippen LogP contribution in [-0.4, -0.2) is 33.2 Å². The third-order valence-electron chi connectivity index (χ3n) is 2.35. The second-order valence-electron chi connectivity index (χ2n) is 3.86. The lowest BCUT2D eigenvalue weighted by atomic mass is 10.3. The number of hydrogen-bond donors (Lipinski definition) is 1. The van der Waals surface area contributed by atoms with E-state index in [9.17, 15) is 31.7 Å². The number of nitro groups is 1. The van der Waals surface area contributed by atoms with Gasteiger partial charge in [0.05, 0.1) is 24.5 Å². The Balaban J connectivity index is 3.00. The minimum Gasteiger partial charge on any atom is -0.495 e. The number of methoxy groups -OCH3 is 1. The Labute approximate surface area is 117 Å². The molecule has 0 saturated heterocycles. The molecular formula is C10H11F3N2O5S. The van der Waals surface area contributed by atoms with Crippen LogP contribution in [0.25, 0.3) is 0 Å². The lowest BCUT2D eigenvalue weighted by Gasteiger charge is -2.11. The number of ether oxygens (including phenoxy) is 1. The molecule has 0 aliphatic heterocycles. The monoisotopic (exact) mass is 328 g/mol. The predicted molar refractivity (Wildman–Crippen MR) is 65.5 cm³/mol. The van der Waals surface area contributed by atoms with Crippen LogP contribution in [0.1, 0.15) is 6.42 Å². The summed E-state index contributed by atoms with van der Waals surface area (Å²) >= 11 is 0. The third-order valence-corrected chi connectivity index (χ3v) is 3.85. The molecule has 0 amide bonds. The number of nitrogens with zero attached hydrogens (tertiary/aromatic N) is 1. The molecule has 0 aliphatic carbocycles. The van der Waals surface area contributed by atoms with Crippen LogP contribution >= 0.6 is 0 Å². The van der Waals surface area contributed by atoms with Crippen molar-refractivity contribution in [2.45, 2.75) is 17.5 Å². The van der Waals surface area contributed by atoms with Gasteiger partial charge in [-0.25, -0.2) is 13.1 Å². The van der Waals surface area contributed by atoms with E-state index >= 15 is 0 Å². The fourth-order valence-electron chi connectivity index (χ4n) is 1.40. The summed E-state index contributed by atoms with van der Waals surface area (Å²) < 4.78 is 66.1. The Hall–Kier alpha value is -1.88. The van der Waals surface area contributed by atoms with Gasteiger partial charge < -0.3 is 4.74 Å². The number of rotatable bonds is 6. The van der Waals surface area contributed by atoms with Gasteiger partial charge in [0, 0.05) is 12.6 Å². The highest BCUT2D eigenvalue weighted by atomic mass is 32.2. The highest BCUT2D eigenvalue weighted by Crippen LogP contribution is 2.28. The van der Waals surface area contributed by atoms with E-state index in [-0.39, 0.29) is 5.75 Å². The van der Waals surface area contributed by atoms with Crippen LogP contribution in [0.3, 0.4) is 0 Å². The molecule has 0 spiro atoms. The summed E-state index contributed by atoms with van der Waals surface area (Å²) in [5.74, 6) is -0.330. The zero-order chi connectivity index (χ0) is 16.3. The first kappa shape index (κ1) is 17.2. The van der Waals surface area contributed by atoms with E-state index in [1.807, 2.05) is 0 Å². The predicted octanol–water partition coefficient (Wildman–Crippen LogP) is 1.83. The van der Waals surface area contributed by atoms with Crippen molar-refractivity contribution in [3.8, 4) is 5.75 Å². The van der Waals surface area contributed by atoms with Crippen LogP contribution in [0, 0.1) is 10.1 Å². The number of alkyl halides is 3. The lowest BCUT2D eigenvalue weighted by Crippen LogP contribution is -2.28. The average Bonchev–Trinajstić information content (AvgIpc) is 2.35. The van der Waals surface area contributed by atoms with Gasteiger partial charge in [-0.1, -0.05) is 0 Å². The minimum atomic E-state index is -4.50. The minimum absolute atomic E-state index is 0.330. The summed E-state index contributed by atoms with van der Waals surface area (Å²) in [5.41, 5.74) is -0.402. The van der Waals surface area contributed by atoms with Gasteiger partial charge in [0.15, 0.2) is 0 Å². The molecule has 7 nitrogen and oxygen atoms in total. The standard InChI is InChI=1S/C10H11F3N2O5S/c1-20-8-6-7(15(16)17)2-3-9(8)21(18,19)14-5-4-10(11,12)13/h2-3,6,14H,4-5H2,1H3. The maximum Gasteiger partial charge on any atom is 0.390 e. The van der Waals surface area contributed by atoms with Crippen molar-refractivity contribution < 1.29 is 31.2 Å². The molecular weight excluding hydrogens is 317 g/mol. The largest absolute Gasteiger partial charge is 0.495 e. The highest BCUT2D eigenvalue weighted by Gasteiger charge is 2.28. The van der Waals surface area contributed by atoms with Crippen LogP contribution in [0.5, 0.6) is 5.75 Å². The highest BCUT2D eigenvalue weighted by molar-refractivity contribution is 7.89. The molecule has 0 saturated carbocycles. The summed E-state index contributed by atoms with van der Waals surface area (Å²) in [4.78, 5) is 9.34. The average molecular weight is 328 g/mol. The van der Waals surface area contributed by atoms with Gasteiger partial charge in [-0.2, -0.15) is 13.2 Å². The SMILES string of the molecule is COc1cc([N+](=O)[O-])ccc1S(=O)(=O)NCCC(F)(F)F. The number of sulfonamides is 1. The molecule has 0 atom stereocenters. The normalized spacial score (nSPS) is 12.2. The van der Waals surface area contributed by atoms with E-state index in [4.69, 9.17) is 4.74 Å². The topological polar surface area (TPSA) is 98.5 Å². The molecule has 0 radical (unpaired) electrons. The van der Waals surface area contributed by atoms with Crippen LogP contribution in [-0.2, 0) is 10.0 Å². The Morgan fingerprint density at radius 2 is 2.00 bits per heavy atom. The van der Waals surface area contributed by atoms with Crippen LogP contribution < -0.4 is 9.46 Å². The zero-order valence-electron chi connectivity index (χ0n) is 10.7. The summed E-state index contributed by atoms with van der Waals surface area (Å²) in [6.45, 7) is -0.841. The number of halogens is 3. The molecule has 0 fully saturated rings. The summed E-state index contributed by atoms with van der Waals surface area (Å²) in [5, 5.41) is 10.6. The van der Waals surface area contributed by atoms with E-state index < -0.39 is 44.7 Å². The van der Waals surface area contributed by atoms with Gasteiger partial charge in [-0.3, -0.25) is 10.1 Å². The van der Waals surface area contributed by atoms with E-state index in [0.29, 0.717) is 0 Å². The van der Waals surface area contributed by atoms with Gasteiger partial charge in [0.25, 0.3) is 5.69 Å². The zero-order valence-corrected chi connectivity index (χ0v) is 11.5. The van der Waals surface area contributed by atoms with Gasteiger partial charge in [-0.15, -0.1) is 0 Å². The van der Waals surface area contributed by atoms with Crippen LogP contribution in [0.15, 0.2) is 23.1 Å². The van der Waals surface area contributed by atoms with Gasteiger partial charge in [0.1, 0.15) is 10.6 Å². The molecule has 21 heavy (non-hydrogen) atoms. The van der Waals surface area contributed by atoms with Crippen LogP contribution in [0.2, 0.25) is 0 Å². The van der Waals surface area contributed by atoms with Crippen molar-refractivity contribution in [3.05, 3.63) is 28.3 Å². The smallest absolute Gasteiger partial charge is 0.390 e. The van der Waals surface area contributed by atoms with Crippen molar-refractivity contribution in [1.82, 2.24) is 4.72 Å². The Morgan fingerprint density at radius 1 is 1.38 bits per heavy atom. The molecule has 0 aliphatic rings. The number of nitro benzene ring substituents is 1. The van der Waals surface area contributed by atoms with Crippen molar-refractivity contribution in [2.75, 3.05) is 13.7 Å². The first-order valence-electron chi connectivity index (χ1n) is 5.45. The first-order chi connectivity index (χ1) is 9.57. The van der Waals surface area contributed by atoms with Crippen molar-refractivity contribution >= 4 is 15.7 Å². The van der Waals surface area contributed by atoms with E-state index in [0.717, 1.165) is 25.3 Å². The molecule has 1 N–H and O–H groups in total. The fourth-order valence-corrected chi connectivity index (χ4v) is 2.58. The second-order valence-corrected chi connectivity index (χ2v) is 5.59. The lowest BCUT2D eigenvalue weighted by molar-refractivity contribution is -0.385. The molecule has 1 aromatic rings. The maximum absolute atomic E-state index is 12.0. The third kappa shape index (κ3) is 4.86. The van der Waals surface area contributed by atoms with E-state index in [1.54, 1.807) is 4.72 Å². The molecule has 11 heteroatoms. The molecule has 1 rings (SSSR count). The summed E-state index contributed by atoms with van der Waals surface area (Å²) in [6.07, 6.45) is -5.83. The Bertz CT molecular complexity index is 630. The Morgan fingerprint density at radius 3 is 2.48 bits per heavy atom. The molecule has 0 heterocycles. The molecule has 0 unspecified atom stereocenters. The van der Waals surface area contributed by atoms with Gasteiger partial charge in [0.2, 0.25) is 10.0 Å². The number of hydrogen-bond acceptors (Lipinski definition) is 5. The van der Waals surface area contributed by atoms with E-state index in [1.165, 1.54) is 0 Å². The second kappa shape index (κ2) is 6.26. The van der Waals surface area contributed by atoms with E-state index in [2.05, 4.69) is 0 Å². The Kier molecular flexibility index (Phi) is 5.12. The van der Waals surface area contributed by atoms with Crippen molar-refractivity contribution in [3.63, 3.8) is 0 Å². The number of nitrogens with one attached hydrogen (secondary N) is 1. The number of non-ortho nitro benzene ring substituents is 1.